The largest absolute Gasteiger partial charge is 0.379 e. The van der Waals surface area contributed by atoms with E-state index >= 15 is 0 Å². The molecule has 0 heterocycles. The van der Waals surface area contributed by atoms with Gasteiger partial charge in [0.05, 0.1) is 33.8 Å². The summed E-state index contributed by atoms with van der Waals surface area (Å²) in [4.78, 5) is 12.5. The second-order valence-electron chi connectivity index (χ2n) is 19.2. The predicted octanol–water partition coefficient (Wildman–Crippen LogP) is 12.5. The molecule has 0 radical (unpaired) electrons. The number of amides is 2. The molecule has 0 aromatic rings. The quantitative estimate of drug-likeness (QED) is 0.0236. The van der Waals surface area contributed by atoms with Crippen molar-refractivity contribution in [2.24, 2.45) is 5.73 Å². The molecule has 1 atom stereocenters. The fraction of sp³-hybridized carbons (Fsp3) is 0.907. The zero-order valence-electron chi connectivity index (χ0n) is 42.7. The number of nitrogens with zero attached hydrogens (tertiary/aromatic N) is 1. The third-order valence-electron chi connectivity index (χ3n) is 12.1. The molecule has 9 nitrogen and oxygen atoms in total. The molecule has 1 unspecified atom stereocenters. The molecule has 2 amide bonds. The Labute approximate surface area is 393 Å². The van der Waals surface area contributed by atoms with E-state index in [9.17, 15) is 4.79 Å². The van der Waals surface area contributed by atoms with Gasteiger partial charge in [-0.15, -0.1) is 0 Å². The molecule has 0 saturated carbocycles. The lowest BCUT2D eigenvalue weighted by atomic mass is 10.1. The first-order chi connectivity index (χ1) is 30.9. The van der Waals surface area contributed by atoms with Gasteiger partial charge in [-0.05, 0) is 123 Å². The maximum Gasteiger partial charge on any atom is 0.314 e. The molecule has 0 aliphatic rings. The van der Waals surface area contributed by atoms with Gasteiger partial charge in [0.2, 0.25) is 0 Å². The molecule has 374 valence electrons. The maximum absolute atomic E-state index is 12.5. The average molecular weight is 893 g/mol. The van der Waals surface area contributed by atoms with Gasteiger partial charge in [0.1, 0.15) is 12.6 Å². The number of ether oxygens (including phenoxy) is 2. The number of rotatable bonds is 52. The van der Waals surface area contributed by atoms with Crippen LogP contribution in [-0.4, -0.2) is 109 Å². The molecule has 0 aromatic carbocycles. The number of nitrogens with one attached hydrogen (secondary N) is 4. The van der Waals surface area contributed by atoms with Crippen LogP contribution >= 0.6 is 0 Å². The van der Waals surface area contributed by atoms with Crippen molar-refractivity contribution in [1.82, 2.24) is 21.3 Å². The van der Waals surface area contributed by atoms with E-state index in [4.69, 9.17) is 15.2 Å². The van der Waals surface area contributed by atoms with E-state index in [0.29, 0.717) is 19.7 Å². The zero-order chi connectivity index (χ0) is 45.8. The van der Waals surface area contributed by atoms with E-state index in [1.165, 1.54) is 173 Å². The predicted molar refractivity (Wildman–Crippen MR) is 276 cm³/mol. The number of carbonyl (C=O) groups excluding carboxylic acids is 1. The normalized spacial score (nSPS) is 12.6. The van der Waals surface area contributed by atoms with Crippen LogP contribution in [-0.2, 0) is 9.47 Å². The highest BCUT2D eigenvalue weighted by Crippen LogP contribution is 2.13. The molecule has 0 rings (SSSR count). The summed E-state index contributed by atoms with van der Waals surface area (Å²) in [6, 6.07) is -0.0784. The summed E-state index contributed by atoms with van der Waals surface area (Å²) in [5, 5.41) is 13.0. The molecule has 63 heavy (non-hydrogen) atoms. The molecule has 0 spiro atoms. The first-order valence-corrected chi connectivity index (χ1v) is 27.4. The Kier molecular flexibility index (Phi) is 50.3. The monoisotopic (exact) mass is 892 g/mol. The lowest BCUT2D eigenvalue weighted by Crippen LogP contribution is -2.51. The minimum atomic E-state index is -0.0784. The summed E-state index contributed by atoms with van der Waals surface area (Å²) in [6.45, 7) is 14.6. The Morgan fingerprint density at radius 3 is 1.40 bits per heavy atom. The summed E-state index contributed by atoms with van der Waals surface area (Å²) >= 11 is 0. The Balaban J connectivity index is 4.34. The number of allylic oxidation sites excluding steroid dienone is 4. The van der Waals surface area contributed by atoms with E-state index in [1.54, 1.807) is 0 Å². The van der Waals surface area contributed by atoms with Crippen LogP contribution in [0.3, 0.4) is 0 Å². The highest BCUT2D eigenvalue weighted by molar-refractivity contribution is 5.73. The Bertz CT molecular complexity index is 964. The third-order valence-corrected chi connectivity index (χ3v) is 12.1. The maximum atomic E-state index is 12.5. The summed E-state index contributed by atoms with van der Waals surface area (Å²) < 4.78 is 13.6. The minimum absolute atomic E-state index is 0.0611. The van der Waals surface area contributed by atoms with E-state index in [-0.39, 0.29) is 12.1 Å². The number of hydrogen-bond donors (Lipinski definition) is 5. The fourth-order valence-electron chi connectivity index (χ4n) is 7.99. The summed E-state index contributed by atoms with van der Waals surface area (Å²) in [5.41, 5.74) is 5.54. The second-order valence-corrected chi connectivity index (χ2v) is 19.2. The highest BCUT2D eigenvalue weighted by atomic mass is 16.5. The van der Waals surface area contributed by atoms with Crippen LogP contribution in [0.2, 0.25) is 0 Å². The number of carbonyl (C=O) groups is 1. The van der Waals surface area contributed by atoms with Crippen molar-refractivity contribution < 1.29 is 18.8 Å². The molecule has 0 bridgehead atoms. The van der Waals surface area contributed by atoms with Crippen LogP contribution in [0.1, 0.15) is 219 Å². The van der Waals surface area contributed by atoms with Crippen molar-refractivity contribution in [3.63, 3.8) is 0 Å². The minimum Gasteiger partial charge on any atom is -0.379 e. The molecule has 0 aliphatic carbocycles. The Morgan fingerprint density at radius 1 is 0.492 bits per heavy atom. The Hall–Kier alpha value is -1.49. The molecule has 0 aromatic heterocycles. The zero-order valence-corrected chi connectivity index (χ0v) is 42.7. The van der Waals surface area contributed by atoms with Crippen LogP contribution in [0.5, 0.6) is 0 Å². The van der Waals surface area contributed by atoms with Gasteiger partial charge in [0.15, 0.2) is 0 Å². The SMILES string of the molecule is CCCCCCCCC=CCCCCCCCCOCC(C[N+](C)(C)CCNC(=O)NCCCNCCCCNCCCN)OCCCCCCCCC=CCCCCCCCC. The number of likely N-dealkylation sites (N-methyl/N-ethyl adjacent to an activating group) is 1. The van der Waals surface area contributed by atoms with E-state index in [1.807, 2.05) is 0 Å². The molecular weight excluding hydrogens is 781 g/mol. The van der Waals surface area contributed by atoms with Crippen molar-refractivity contribution in [3.8, 4) is 0 Å². The standard InChI is InChI=1S/C54H110N6O3/c1-5-7-9-11-13-15-17-19-21-23-25-27-29-31-33-37-49-62-52-53(63-50-38-34-32-30-28-26-24-22-20-18-16-14-12-10-8-6-2)51-60(3,4)48-47-59-54(61)58-46-40-45-57-43-36-35-42-56-44-39-41-55/h19-22,53,56-57H,5-18,23-52,55H2,1-4H3,(H-,58,59,61)/p+1. The van der Waals surface area contributed by atoms with Gasteiger partial charge in [-0.2, -0.15) is 0 Å². The van der Waals surface area contributed by atoms with Gasteiger partial charge in [-0.1, -0.05) is 154 Å². The first kappa shape index (κ1) is 61.5. The second kappa shape index (κ2) is 51.5. The van der Waals surface area contributed by atoms with Gasteiger partial charge in [0, 0.05) is 19.8 Å². The van der Waals surface area contributed by atoms with Gasteiger partial charge >= 0.3 is 6.03 Å². The van der Waals surface area contributed by atoms with Crippen LogP contribution < -0.4 is 27.0 Å². The molecule has 0 saturated heterocycles. The lowest BCUT2D eigenvalue weighted by Gasteiger charge is -2.33. The molecule has 0 aliphatic heterocycles. The van der Waals surface area contributed by atoms with Gasteiger partial charge in [0.25, 0.3) is 0 Å². The average Bonchev–Trinajstić information content (AvgIpc) is 3.27. The molecule has 6 N–H and O–H groups in total. The lowest BCUT2D eigenvalue weighted by molar-refractivity contribution is -0.892. The van der Waals surface area contributed by atoms with Crippen molar-refractivity contribution in [3.05, 3.63) is 24.3 Å². The highest BCUT2D eigenvalue weighted by Gasteiger charge is 2.23. The smallest absolute Gasteiger partial charge is 0.314 e. The fourth-order valence-corrected chi connectivity index (χ4v) is 7.99. The van der Waals surface area contributed by atoms with Crippen molar-refractivity contribution in [1.29, 1.82) is 0 Å². The van der Waals surface area contributed by atoms with Crippen LogP contribution in [0.4, 0.5) is 4.79 Å². The topological polar surface area (TPSA) is 110 Å². The molecule has 0 fully saturated rings. The number of unbranched alkanes of at least 4 members (excludes halogenated alkanes) is 25. The van der Waals surface area contributed by atoms with Gasteiger partial charge in [-0.25, -0.2) is 4.79 Å². The number of nitrogens with two attached hydrogens (primary N) is 1. The van der Waals surface area contributed by atoms with Gasteiger partial charge < -0.3 is 41.0 Å². The van der Waals surface area contributed by atoms with Crippen molar-refractivity contribution in [2.45, 2.75) is 225 Å². The Morgan fingerprint density at radius 2 is 0.905 bits per heavy atom. The van der Waals surface area contributed by atoms with Crippen molar-refractivity contribution in [2.75, 3.05) is 92.8 Å². The van der Waals surface area contributed by atoms with Crippen molar-refractivity contribution >= 4 is 6.03 Å². The first-order valence-electron chi connectivity index (χ1n) is 27.4. The van der Waals surface area contributed by atoms with Crippen LogP contribution in [0.25, 0.3) is 0 Å². The molecular formula is C54H111N6O3+. The number of hydrogen-bond acceptors (Lipinski definition) is 6. The van der Waals surface area contributed by atoms with Gasteiger partial charge in [-0.3, -0.25) is 0 Å². The number of quaternary nitrogens is 1. The summed E-state index contributed by atoms with van der Waals surface area (Å²) in [7, 11) is 4.49. The third kappa shape index (κ3) is 51.4. The number of urea groups is 1. The van der Waals surface area contributed by atoms with E-state index in [0.717, 1.165) is 95.6 Å². The summed E-state index contributed by atoms with van der Waals surface area (Å²) in [5.74, 6) is 0. The van der Waals surface area contributed by atoms with Crippen LogP contribution in [0, 0.1) is 0 Å². The van der Waals surface area contributed by atoms with E-state index in [2.05, 4.69) is 73.5 Å². The van der Waals surface area contributed by atoms with E-state index < -0.39 is 0 Å². The molecule has 9 heteroatoms. The summed E-state index contributed by atoms with van der Waals surface area (Å²) in [6.07, 6.45) is 50.9. The van der Waals surface area contributed by atoms with Crippen LogP contribution in [0.15, 0.2) is 24.3 Å².